The van der Waals surface area contributed by atoms with Crippen LogP contribution in [-0.4, -0.2) is 59.1 Å². The molecular weight excluding hydrogens is 458 g/mol. The number of aliphatic hydroxyl groups excluding tert-OH is 1. The maximum atomic E-state index is 13.4. The number of rotatable bonds is 10. The topological polar surface area (TPSA) is 103 Å². The number of benzene rings is 1. The fourth-order valence-electron chi connectivity index (χ4n) is 4.11. The molecule has 1 amide bonds. The fourth-order valence-corrected chi connectivity index (χ4v) is 4.78. The van der Waals surface area contributed by atoms with Crippen LogP contribution in [0.15, 0.2) is 59.7 Å². The summed E-state index contributed by atoms with van der Waals surface area (Å²) in [6.45, 7) is 0.935. The first-order chi connectivity index (χ1) is 16.5. The number of Topliss-reactive ketones (excluding diaryl/α,β-unsaturated/α-hetero) is 1. The van der Waals surface area contributed by atoms with E-state index < -0.39 is 23.5 Å². The molecule has 0 radical (unpaired) electrons. The Kier molecular flexibility index (Phi) is 6.87. The zero-order valence-corrected chi connectivity index (χ0v) is 19.9. The van der Waals surface area contributed by atoms with Gasteiger partial charge in [-0.1, -0.05) is 6.07 Å². The van der Waals surface area contributed by atoms with Crippen molar-refractivity contribution in [2.24, 2.45) is 0 Å². The smallest absolute Gasteiger partial charge is 0.290 e. The van der Waals surface area contributed by atoms with Gasteiger partial charge in [0.2, 0.25) is 11.5 Å². The molecule has 3 aromatic rings. The molecule has 4 rings (SSSR count). The first-order valence-electron chi connectivity index (χ1n) is 10.6. The van der Waals surface area contributed by atoms with Crippen LogP contribution < -0.4 is 14.2 Å². The summed E-state index contributed by atoms with van der Waals surface area (Å²) in [5, 5.41) is 12.6. The normalized spacial score (nSPS) is 15.7. The van der Waals surface area contributed by atoms with Crippen molar-refractivity contribution in [2.75, 3.05) is 27.9 Å². The molecule has 178 valence electrons. The number of methoxy groups -OCH3 is 3. The van der Waals surface area contributed by atoms with Gasteiger partial charge >= 0.3 is 0 Å². The van der Waals surface area contributed by atoms with E-state index in [9.17, 15) is 14.7 Å². The van der Waals surface area contributed by atoms with Crippen molar-refractivity contribution in [1.82, 2.24) is 14.5 Å². The predicted octanol–water partition coefficient (Wildman–Crippen LogP) is 3.64. The van der Waals surface area contributed by atoms with Gasteiger partial charge in [-0.15, -0.1) is 11.3 Å². The number of imidazole rings is 1. The Morgan fingerprint density at radius 3 is 2.44 bits per heavy atom. The van der Waals surface area contributed by atoms with Crippen LogP contribution in [0.3, 0.4) is 0 Å². The SMILES string of the molecule is COc1cc(C2C(C(=O)c3cccs3)=C(O)C(=O)N2CCCn2ccnc2)cc(OC)c1OC. The summed E-state index contributed by atoms with van der Waals surface area (Å²) in [5.74, 6) is -0.362. The highest BCUT2D eigenvalue weighted by atomic mass is 32.1. The Morgan fingerprint density at radius 2 is 1.88 bits per heavy atom. The minimum atomic E-state index is -0.821. The second kappa shape index (κ2) is 10.0. The van der Waals surface area contributed by atoms with Crippen molar-refractivity contribution in [3.63, 3.8) is 0 Å². The van der Waals surface area contributed by atoms with Crippen LogP contribution in [0.5, 0.6) is 17.2 Å². The number of ketones is 1. The second-order valence-corrected chi connectivity index (χ2v) is 8.53. The number of hydrogen-bond donors (Lipinski definition) is 1. The van der Waals surface area contributed by atoms with Crippen molar-refractivity contribution in [3.05, 3.63) is 70.1 Å². The van der Waals surface area contributed by atoms with E-state index >= 15 is 0 Å². The minimum absolute atomic E-state index is 0.0318. The lowest BCUT2D eigenvalue weighted by atomic mass is 9.94. The molecule has 1 aliphatic heterocycles. The van der Waals surface area contributed by atoms with Crippen molar-refractivity contribution in [2.45, 2.75) is 19.0 Å². The largest absolute Gasteiger partial charge is 0.503 e. The Morgan fingerprint density at radius 1 is 1.15 bits per heavy atom. The third-order valence-corrected chi connectivity index (χ3v) is 6.54. The molecule has 0 spiro atoms. The molecule has 1 N–H and O–H groups in total. The van der Waals surface area contributed by atoms with E-state index in [1.54, 1.807) is 42.2 Å². The van der Waals surface area contributed by atoms with Crippen molar-refractivity contribution in [1.29, 1.82) is 0 Å². The lowest BCUT2D eigenvalue weighted by Gasteiger charge is -2.28. The number of carbonyl (C=O) groups is 2. The third-order valence-electron chi connectivity index (χ3n) is 5.67. The quantitative estimate of drug-likeness (QED) is 0.439. The number of ether oxygens (including phenoxy) is 3. The standard InChI is InChI=1S/C24H25N3O6S/c1-31-16-12-15(13-17(32-2)23(16)33-3)20-19(21(28)18-6-4-11-34-18)22(29)24(30)27(20)9-5-8-26-10-7-25-14-26/h4,6-7,10-14,20,29H,5,8-9H2,1-3H3. The zero-order valence-electron chi connectivity index (χ0n) is 19.1. The number of hydrogen-bond acceptors (Lipinski definition) is 8. The lowest BCUT2D eigenvalue weighted by molar-refractivity contribution is -0.129. The highest BCUT2D eigenvalue weighted by Gasteiger charge is 2.44. The van der Waals surface area contributed by atoms with Gasteiger partial charge in [0.1, 0.15) is 0 Å². The van der Waals surface area contributed by atoms with Gasteiger partial charge in [-0.25, -0.2) is 4.98 Å². The van der Waals surface area contributed by atoms with Crippen LogP contribution in [0.4, 0.5) is 0 Å². The number of aromatic nitrogens is 2. The maximum Gasteiger partial charge on any atom is 0.290 e. The molecule has 0 bridgehead atoms. The third kappa shape index (κ3) is 4.24. The van der Waals surface area contributed by atoms with E-state index in [4.69, 9.17) is 14.2 Å². The highest BCUT2D eigenvalue weighted by Crippen LogP contribution is 2.45. The van der Waals surface area contributed by atoms with Gasteiger partial charge in [0.25, 0.3) is 5.91 Å². The lowest BCUT2D eigenvalue weighted by Crippen LogP contribution is -2.32. The van der Waals surface area contributed by atoms with Crippen molar-refractivity contribution in [3.8, 4) is 17.2 Å². The molecule has 1 aliphatic rings. The molecule has 0 saturated carbocycles. The van der Waals surface area contributed by atoms with E-state index in [1.807, 2.05) is 10.8 Å². The monoisotopic (exact) mass is 483 g/mol. The summed E-state index contributed by atoms with van der Waals surface area (Å²) >= 11 is 1.25. The summed E-state index contributed by atoms with van der Waals surface area (Å²) in [4.78, 5) is 32.5. The van der Waals surface area contributed by atoms with E-state index in [-0.39, 0.29) is 5.57 Å². The van der Waals surface area contributed by atoms with Crippen molar-refractivity contribution < 1.29 is 28.9 Å². The molecule has 1 aromatic carbocycles. The molecule has 0 saturated heterocycles. The summed E-state index contributed by atoms with van der Waals surface area (Å²) in [7, 11) is 4.49. The van der Waals surface area contributed by atoms with Crippen LogP contribution in [-0.2, 0) is 11.3 Å². The van der Waals surface area contributed by atoms with Crippen molar-refractivity contribution >= 4 is 23.0 Å². The van der Waals surface area contributed by atoms with Gasteiger partial charge in [-0.05, 0) is 35.6 Å². The molecule has 10 heteroatoms. The number of thiophene rings is 1. The number of amides is 1. The van der Waals surface area contributed by atoms with Gasteiger partial charge < -0.3 is 28.8 Å². The fraction of sp³-hybridized carbons (Fsp3) is 0.292. The minimum Gasteiger partial charge on any atom is -0.503 e. The van der Waals surface area contributed by atoms with Gasteiger partial charge in [0.05, 0.1) is 44.1 Å². The molecule has 1 unspecified atom stereocenters. The van der Waals surface area contributed by atoms with Crippen LogP contribution in [0.25, 0.3) is 0 Å². The Balaban J connectivity index is 1.77. The summed E-state index contributed by atoms with van der Waals surface area (Å²) in [6.07, 6.45) is 5.82. The molecule has 2 aromatic heterocycles. The molecule has 34 heavy (non-hydrogen) atoms. The molecular formula is C24H25N3O6S. The molecule has 9 nitrogen and oxygen atoms in total. The second-order valence-electron chi connectivity index (χ2n) is 7.58. The van der Waals surface area contributed by atoms with Crippen LogP contribution in [0.1, 0.15) is 27.7 Å². The van der Waals surface area contributed by atoms with E-state index in [0.717, 1.165) is 0 Å². The van der Waals surface area contributed by atoms with E-state index in [1.165, 1.54) is 37.6 Å². The number of carbonyl (C=O) groups excluding carboxylic acids is 2. The van der Waals surface area contributed by atoms with Gasteiger partial charge in [0, 0.05) is 25.5 Å². The Hall–Kier alpha value is -3.79. The average Bonchev–Trinajstić information content (AvgIpc) is 3.61. The molecule has 0 fully saturated rings. The van der Waals surface area contributed by atoms with Crippen LogP contribution in [0, 0.1) is 0 Å². The zero-order chi connectivity index (χ0) is 24.2. The summed E-state index contributed by atoms with van der Waals surface area (Å²) < 4.78 is 18.3. The number of aliphatic hydroxyl groups is 1. The van der Waals surface area contributed by atoms with E-state index in [2.05, 4.69) is 4.98 Å². The highest BCUT2D eigenvalue weighted by molar-refractivity contribution is 7.12. The first-order valence-corrected chi connectivity index (χ1v) is 11.5. The van der Waals surface area contributed by atoms with Gasteiger partial charge in [0.15, 0.2) is 17.3 Å². The number of nitrogens with zero attached hydrogens (tertiary/aromatic N) is 3. The van der Waals surface area contributed by atoms with Gasteiger partial charge in [-0.2, -0.15) is 0 Å². The average molecular weight is 484 g/mol. The Bertz CT molecular complexity index is 1180. The number of aryl methyl sites for hydroxylation is 1. The van der Waals surface area contributed by atoms with E-state index in [0.29, 0.717) is 47.2 Å². The van der Waals surface area contributed by atoms with Crippen LogP contribution in [0.2, 0.25) is 0 Å². The molecule has 0 aliphatic carbocycles. The Labute approximate surface area is 200 Å². The van der Waals surface area contributed by atoms with Gasteiger partial charge in [-0.3, -0.25) is 9.59 Å². The summed E-state index contributed by atoms with van der Waals surface area (Å²) in [5.41, 5.74) is 0.596. The molecule has 3 heterocycles. The maximum absolute atomic E-state index is 13.4. The van der Waals surface area contributed by atoms with Crippen LogP contribution >= 0.6 is 11.3 Å². The summed E-state index contributed by atoms with van der Waals surface area (Å²) in [6, 6.07) is 6.00. The first kappa shape index (κ1) is 23.4. The molecule has 1 atom stereocenters. The predicted molar refractivity (Wildman–Crippen MR) is 126 cm³/mol.